The van der Waals surface area contributed by atoms with Gasteiger partial charge in [0.15, 0.2) is 0 Å². The lowest BCUT2D eigenvalue weighted by Crippen LogP contribution is -2.26. The van der Waals surface area contributed by atoms with E-state index in [9.17, 15) is 4.79 Å². The van der Waals surface area contributed by atoms with Gasteiger partial charge >= 0.3 is 0 Å². The van der Waals surface area contributed by atoms with E-state index in [1.807, 2.05) is 30.3 Å². The fourth-order valence-electron chi connectivity index (χ4n) is 2.51. The van der Waals surface area contributed by atoms with Gasteiger partial charge in [-0.25, -0.2) is 9.97 Å². The minimum Gasteiger partial charge on any atom is -0.280 e. The predicted molar refractivity (Wildman–Crippen MR) is 89.6 cm³/mol. The Balaban J connectivity index is 1.84. The molecule has 1 fully saturated rings. The lowest BCUT2D eigenvalue weighted by Gasteiger charge is -2.14. The van der Waals surface area contributed by atoms with Crippen LogP contribution in [0.15, 0.2) is 46.1 Å². The number of carbonyl (C=O) groups is 1. The Hall–Kier alpha value is -2.44. The number of azide groups is 1. The summed E-state index contributed by atoms with van der Waals surface area (Å²) in [6.07, 6.45) is 2.00. The summed E-state index contributed by atoms with van der Waals surface area (Å²) >= 11 is 3.40. The van der Waals surface area contributed by atoms with Crippen molar-refractivity contribution < 1.29 is 4.79 Å². The Bertz CT molecular complexity index is 772. The molecule has 1 aromatic carbocycles. The molecule has 0 spiro atoms. The molecule has 1 aliphatic rings. The Morgan fingerprint density at radius 3 is 2.87 bits per heavy atom. The van der Waals surface area contributed by atoms with Crippen molar-refractivity contribution in [3.63, 3.8) is 0 Å². The van der Waals surface area contributed by atoms with Gasteiger partial charge in [0, 0.05) is 40.7 Å². The number of nitrogens with zero attached hydrogens (tertiary/aromatic N) is 6. The molecule has 0 radical (unpaired) electrons. The molecular formula is C15H13BrN6O. The lowest BCUT2D eigenvalue weighted by atomic mass is 10.1. The maximum absolute atomic E-state index is 12.1. The van der Waals surface area contributed by atoms with E-state index in [1.165, 1.54) is 0 Å². The second-order valence-corrected chi connectivity index (χ2v) is 6.15. The van der Waals surface area contributed by atoms with Gasteiger partial charge in [-0.2, -0.15) is 0 Å². The second kappa shape index (κ2) is 6.76. The average molecular weight is 373 g/mol. The maximum Gasteiger partial charge on any atom is 0.232 e. The van der Waals surface area contributed by atoms with E-state index in [4.69, 9.17) is 5.53 Å². The molecule has 2 heterocycles. The Kier molecular flexibility index (Phi) is 4.55. The van der Waals surface area contributed by atoms with E-state index in [1.54, 1.807) is 11.1 Å². The molecule has 23 heavy (non-hydrogen) atoms. The molecule has 3 rings (SSSR count). The van der Waals surface area contributed by atoms with Crippen molar-refractivity contribution in [1.29, 1.82) is 0 Å². The van der Waals surface area contributed by atoms with Gasteiger partial charge in [0.25, 0.3) is 0 Å². The number of rotatable bonds is 4. The van der Waals surface area contributed by atoms with Gasteiger partial charge in [-0.1, -0.05) is 33.2 Å². The first-order valence-electron chi connectivity index (χ1n) is 7.07. The zero-order valence-corrected chi connectivity index (χ0v) is 13.7. The summed E-state index contributed by atoms with van der Waals surface area (Å²) in [7, 11) is 0. The van der Waals surface area contributed by atoms with E-state index in [2.05, 4.69) is 35.9 Å². The van der Waals surface area contributed by atoms with E-state index in [-0.39, 0.29) is 11.8 Å². The van der Waals surface area contributed by atoms with Gasteiger partial charge in [0.2, 0.25) is 11.9 Å². The molecule has 0 bridgehead atoms. The van der Waals surface area contributed by atoms with E-state index in [0.29, 0.717) is 25.5 Å². The number of hydrogen-bond donors (Lipinski definition) is 0. The van der Waals surface area contributed by atoms with Crippen LogP contribution in [0.5, 0.6) is 0 Å². The summed E-state index contributed by atoms with van der Waals surface area (Å²) in [6.45, 7) is 0.785. The monoisotopic (exact) mass is 372 g/mol. The molecule has 0 N–H and O–H groups in total. The molecule has 1 aromatic heterocycles. The van der Waals surface area contributed by atoms with Crippen LogP contribution in [0, 0.1) is 5.92 Å². The quantitative estimate of drug-likeness (QED) is 0.466. The number of carbonyl (C=O) groups excluding carboxylic acids is 1. The van der Waals surface area contributed by atoms with Crippen molar-refractivity contribution in [3.05, 3.63) is 51.4 Å². The smallest absolute Gasteiger partial charge is 0.232 e. The molecule has 1 atom stereocenters. The highest BCUT2D eigenvalue weighted by atomic mass is 79.9. The minimum absolute atomic E-state index is 0.0123. The largest absolute Gasteiger partial charge is 0.280 e. The summed E-state index contributed by atoms with van der Waals surface area (Å²) < 4.78 is 0.992. The third kappa shape index (κ3) is 3.49. The zero-order valence-electron chi connectivity index (χ0n) is 12.1. The first-order chi connectivity index (χ1) is 11.2. The summed E-state index contributed by atoms with van der Waals surface area (Å²) in [5.41, 5.74) is 10.1. The normalized spacial score (nSPS) is 17.2. The molecule has 116 valence electrons. The number of anilines is 1. The molecule has 1 unspecified atom stereocenters. The molecule has 0 saturated carbocycles. The fraction of sp³-hybridized carbons (Fsp3) is 0.267. The fourth-order valence-corrected chi connectivity index (χ4v) is 2.77. The third-order valence-corrected chi connectivity index (χ3v) is 4.16. The van der Waals surface area contributed by atoms with Crippen molar-refractivity contribution >= 4 is 27.8 Å². The lowest BCUT2D eigenvalue weighted by molar-refractivity contribution is -0.117. The summed E-state index contributed by atoms with van der Waals surface area (Å²) in [5, 5.41) is 3.55. The first kappa shape index (κ1) is 15.5. The molecule has 0 aliphatic carbocycles. The number of benzene rings is 1. The van der Waals surface area contributed by atoms with Crippen LogP contribution in [0.3, 0.4) is 0 Å². The maximum atomic E-state index is 12.1. The Labute approximate surface area is 141 Å². The predicted octanol–water partition coefficient (Wildman–Crippen LogP) is 3.57. The molecule has 1 saturated heterocycles. The Morgan fingerprint density at radius 2 is 2.13 bits per heavy atom. The standard InChI is InChI=1S/C15H13BrN6O/c16-12-3-1-11(2-4-12)13-5-6-18-15(20-13)22-9-10(7-14(22)23)8-19-21-17/h1-6,10H,7-9H2. The second-order valence-electron chi connectivity index (χ2n) is 5.24. The van der Waals surface area contributed by atoms with Gasteiger partial charge < -0.3 is 0 Å². The minimum atomic E-state index is -0.0453. The average Bonchev–Trinajstić information content (AvgIpc) is 2.94. The van der Waals surface area contributed by atoms with Crippen molar-refractivity contribution in [2.45, 2.75) is 6.42 Å². The van der Waals surface area contributed by atoms with Crippen LogP contribution in [0.1, 0.15) is 6.42 Å². The third-order valence-electron chi connectivity index (χ3n) is 3.63. The van der Waals surface area contributed by atoms with Gasteiger partial charge in [-0.15, -0.1) is 0 Å². The van der Waals surface area contributed by atoms with E-state index >= 15 is 0 Å². The van der Waals surface area contributed by atoms with Crippen LogP contribution >= 0.6 is 15.9 Å². The number of halogens is 1. The topological polar surface area (TPSA) is 94.9 Å². The summed E-state index contributed by atoms with van der Waals surface area (Å²) in [5.74, 6) is 0.355. The van der Waals surface area contributed by atoms with Gasteiger partial charge in [0.05, 0.1) is 5.69 Å². The van der Waals surface area contributed by atoms with Crippen LogP contribution in [-0.4, -0.2) is 29.0 Å². The van der Waals surface area contributed by atoms with E-state index in [0.717, 1.165) is 15.7 Å². The summed E-state index contributed by atoms with van der Waals surface area (Å²) in [6, 6.07) is 9.59. The highest BCUT2D eigenvalue weighted by Gasteiger charge is 2.31. The van der Waals surface area contributed by atoms with Gasteiger partial charge in [-0.05, 0) is 29.6 Å². The van der Waals surface area contributed by atoms with Crippen LogP contribution in [0.2, 0.25) is 0 Å². The highest BCUT2D eigenvalue weighted by Crippen LogP contribution is 2.25. The van der Waals surface area contributed by atoms with Crippen molar-refractivity contribution in [1.82, 2.24) is 9.97 Å². The van der Waals surface area contributed by atoms with Gasteiger partial charge in [0.1, 0.15) is 0 Å². The number of hydrogen-bond acceptors (Lipinski definition) is 4. The van der Waals surface area contributed by atoms with Crippen molar-refractivity contribution in [2.24, 2.45) is 11.0 Å². The SMILES string of the molecule is [N-]=[N+]=NCC1CC(=O)N(c2nccc(-c3ccc(Br)cc3)n2)C1. The van der Waals surface area contributed by atoms with Crippen LogP contribution in [0.25, 0.3) is 21.7 Å². The first-order valence-corrected chi connectivity index (χ1v) is 7.87. The number of aromatic nitrogens is 2. The molecular weight excluding hydrogens is 360 g/mol. The van der Waals surface area contributed by atoms with Crippen LogP contribution in [-0.2, 0) is 4.79 Å². The molecule has 1 amide bonds. The molecule has 7 nitrogen and oxygen atoms in total. The molecule has 2 aromatic rings. The molecule has 8 heteroatoms. The summed E-state index contributed by atoms with van der Waals surface area (Å²) in [4.78, 5) is 25.2. The van der Waals surface area contributed by atoms with Crippen molar-refractivity contribution in [3.8, 4) is 11.3 Å². The molecule has 1 aliphatic heterocycles. The highest BCUT2D eigenvalue weighted by molar-refractivity contribution is 9.10. The Morgan fingerprint density at radius 1 is 1.35 bits per heavy atom. The van der Waals surface area contributed by atoms with Crippen LogP contribution < -0.4 is 4.90 Å². The van der Waals surface area contributed by atoms with Gasteiger partial charge in [-0.3, -0.25) is 9.69 Å². The number of amides is 1. The van der Waals surface area contributed by atoms with E-state index < -0.39 is 0 Å². The van der Waals surface area contributed by atoms with Crippen molar-refractivity contribution in [2.75, 3.05) is 18.0 Å². The van der Waals surface area contributed by atoms with Crippen LogP contribution in [0.4, 0.5) is 5.95 Å². The zero-order chi connectivity index (χ0) is 16.2.